The van der Waals surface area contributed by atoms with Crippen LogP contribution in [0.25, 0.3) is 11.8 Å². The van der Waals surface area contributed by atoms with Crippen LogP contribution in [-0.2, 0) is 10.5 Å². The topological polar surface area (TPSA) is 70.2 Å². The summed E-state index contributed by atoms with van der Waals surface area (Å²) in [4.78, 5) is 17.8. The summed E-state index contributed by atoms with van der Waals surface area (Å²) in [6.07, 6.45) is 4.70. The average molecular weight is 432 g/mol. The van der Waals surface area contributed by atoms with E-state index in [9.17, 15) is 9.18 Å². The van der Waals surface area contributed by atoms with E-state index in [0.29, 0.717) is 33.2 Å². The van der Waals surface area contributed by atoms with Gasteiger partial charge in [0.05, 0.1) is 11.6 Å². The molecule has 1 amide bonds. The van der Waals surface area contributed by atoms with Crippen LogP contribution in [0.15, 0.2) is 87.5 Å². The monoisotopic (exact) mass is 432 g/mol. The fraction of sp³-hybridized carbons (Fsp3) is 0.0870. The summed E-state index contributed by atoms with van der Waals surface area (Å²) in [7, 11) is 0. The molecule has 1 N–H and O–H groups in total. The van der Waals surface area contributed by atoms with Gasteiger partial charge in [-0.05, 0) is 42.0 Å². The van der Waals surface area contributed by atoms with Gasteiger partial charge in [-0.1, -0.05) is 48.2 Å². The molecule has 2 aliphatic rings. The second-order valence-corrected chi connectivity index (χ2v) is 7.83. The molecule has 0 saturated heterocycles. The van der Waals surface area contributed by atoms with Crippen molar-refractivity contribution in [3.8, 4) is 0 Å². The molecule has 5 rings (SSSR count). The summed E-state index contributed by atoms with van der Waals surface area (Å²) >= 11 is 1.26. The predicted octanol–water partition coefficient (Wildman–Crippen LogP) is 2.84. The molecule has 1 atom stereocenters. The fourth-order valence-electron chi connectivity index (χ4n) is 3.37. The Morgan fingerprint density at radius 3 is 2.81 bits per heavy atom. The zero-order valence-electron chi connectivity index (χ0n) is 16.2. The van der Waals surface area contributed by atoms with Gasteiger partial charge in [0.15, 0.2) is 11.3 Å². The Hall–Kier alpha value is -3.65. The quantitative estimate of drug-likeness (QED) is 0.688. The SMILES string of the molecule is O=C1NC(SCc2ccccc2F)=NN2C1=c1ccccc1=N[C@H]2/C=C/c1ccco1. The maximum atomic E-state index is 14.0. The summed E-state index contributed by atoms with van der Waals surface area (Å²) in [5, 5.41) is 10.9. The second kappa shape index (κ2) is 8.23. The van der Waals surface area contributed by atoms with E-state index < -0.39 is 6.17 Å². The van der Waals surface area contributed by atoms with Crippen LogP contribution in [0.3, 0.4) is 0 Å². The highest BCUT2D eigenvalue weighted by Crippen LogP contribution is 2.24. The number of amides is 1. The van der Waals surface area contributed by atoms with Crippen LogP contribution in [0.2, 0.25) is 0 Å². The first-order chi connectivity index (χ1) is 15.2. The molecule has 8 heteroatoms. The molecule has 0 spiro atoms. The number of thioether (sulfide) groups is 1. The van der Waals surface area contributed by atoms with Crippen molar-refractivity contribution in [2.75, 3.05) is 0 Å². The molecule has 2 aromatic carbocycles. The zero-order chi connectivity index (χ0) is 21.2. The number of rotatable bonds is 4. The van der Waals surface area contributed by atoms with Gasteiger partial charge in [-0.25, -0.2) is 9.40 Å². The van der Waals surface area contributed by atoms with Crippen LogP contribution in [0.4, 0.5) is 4.39 Å². The van der Waals surface area contributed by atoms with Crippen molar-refractivity contribution in [2.45, 2.75) is 11.9 Å². The number of fused-ring (bicyclic) bond motifs is 2. The van der Waals surface area contributed by atoms with Crippen LogP contribution in [0.5, 0.6) is 0 Å². The molecule has 154 valence electrons. The van der Waals surface area contributed by atoms with Crippen molar-refractivity contribution in [1.82, 2.24) is 10.3 Å². The van der Waals surface area contributed by atoms with Gasteiger partial charge in [0.25, 0.3) is 5.91 Å². The lowest BCUT2D eigenvalue weighted by molar-refractivity contribution is -0.116. The molecule has 0 bridgehead atoms. The molecule has 0 fully saturated rings. The highest BCUT2D eigenvalue weighted by atomic mass is 32.2. The van der Waals surface area contributed by atoms with E-state index in [0.717, 1.165) is 5.36 Å². The minimum atomic E-state index is -0.523. The van der Waals surface area contributed by atoms with E-state index in [-0.39, 0.29) is 11.7 Å². The number of hydrogen-bond acceptors (Lipinski definition) is 6. The Bertz CT molecular complexity index is 1320. The number of hydrogen-bond donors (Lipinski definition) is 1. The third-order valence-electron chi connectivity index (χ3n) is 4.84. The van der Waals surface area contributed by atoms with Crippen molar-refractivity contribution in [3.05, 3.63) is 101 Å². The third kappa shape index (κ3) is 3.89. The molecule has 0 saturated carbocycles. The standard InChI is InChI=1S/C23H17FN4O2S/c24-18-9-3-1-6-15(18)14-31-23-26-22(29)21-17-8-2-4-10-19(17)25-20(28(21)27-23)12-11-16-7-5-13-30-16/h1-13,20H,14H2,(H,26,27,29)/b12-11+/t20-/m1/s1. The highest BCUT2D eigenvalue weighted by molar-refractivity contribution is 8.13. The number of amidine groups is 1. The normalized spacial score (nSPS) is 17.6. The van der Waals surface area contributed by atoms with Crippen LogP contribution in [0, 0.1) is 5.82 Å². The van der Waals surface area contributed by atoms with E-state index >= 15 is 0 Å². The van der Waals surface area contributed by atoms with Crippen LogP contribution < -0.4 is 15.9 Å². The summed E-state index contributed by atoms with van der Waals surface area (Å²) in [5.74, 6) is 0.460. The van der Waals surface area contributed by atoms with Crippen molar-refractivity contribution < 1.29 is 13.6 Å². The van der Waals surface area contributed by atoms with Crippen molar-refractivity contribution in [2.24, 2.45) is 10.1 Å². The summed E-state index contributed by atoms with van der Waals surface area (Å²) in [6.45, 7) is 0. The van der Waals surface area contributed by atoms with Crippen molar-refractivity contribution >= 4 is 34.6 Å². The van der Waals surface area contributed by atoms with Crippen molar-refractivity contribution in [3.63, 3.8) is 0 Å². The van der Waals surface area contributed by atoms with Gasteiger partial charge in [0.1, 0.15) is 17.3 Å². The Balaban J connectivity index is 1.51. The van der Waals surface area contributed by atoms with Gasteiger partial charge in [0.2, 0.25) is 0 Å². The molecule has 3 heterocycles. The first-order valence-corrected chi connectivity index (χ1v) is 10.6. The maximum absolute atomic E-state index is 14.0. The number of furan rings is 1. The number of halogens is 1. The number of nitrogens with zero attached hydrogens (tertiary/aromatic N) is 3. The second-order valence-electron chi connectivity index (χ2n) is 6.87. The Morgan fingerprint density at radius 2 is 1.97 bits per heavy atom. The van der Waals surface area contributed by atoms with Crippen LogP contribution in [-0.4, -0.2) is 22.2 Å². The van der Waals surface area contributed by atoms with Crippen LogP contribution >= 0.6 is 11.8 Å². The Labute approximate surface area is 181 Å². The number of nitrogens with one attached hydrogen (secondary N) is 1. The third-order valence-corrected chi connectivity index (χ3v) is 5.75. The van der Waals surface area contributed by atoms with E-state index in [1.165, 1.54) is 17.8 Å². The maximum Gasteiger partial charge on any atom is 0.276 e. The molecule has 31 heavy (non-hydrogen) atoms. The molecule has 2 aliphatic heterocycles. The van der Waals surface area contributed by atoms with Gasteiger partial charge in [-0.15, -0.1) is 5.10 Å². The van der Waals surface area contributed by atoms with Gasteiger partial charge in [0, 0.05) is 11.0 Å². The average Bonchev–Trinajstić information content (AvgIpc) is 3.30. The zero-order valence-corrected chi connectivity index (χ0v) is 17.1. The number of carbonyl (C=O) groups is 1. The molecule has 0 aliphatic carbocycles. The van der Waals surface area contributed by atoms with E-state index in [2.05, 4.69) is 10.4 Å². The number of para-hydroxylation sites is 1. The van der Waals surface area contributed by atoms with E-state index in [1.807, 2.05) is 36.4 Å². The Kier molecular flexibility index (Phi) is 5.13. The Morgan fingerprint density at radius 1 is 1.13 bits per heavy atom. The molecular formula is C23H17FN4O2S. The lowest BCUT2D eigenvalue weighted by atomic mass is 10.1. The highest BCUT2D eigenvalue weighted by Gasteiger charge is 2.32. The fourth-order valence-corrected chi connectivity index (χ4v) is 4.21. The summed E-state index contributed by atoms with van der Waals surface area (Å²) < 4.78 is 19.3. The lowest BCUT2D eigenvalue weighted by Crippen LogP contribution is -2.52. The predicted molar refractivity (Wildman–Crippen MR) is 117 cm³/mol. The van der Waals surface area contributed by atoms with Crippen LogP contribution in [0.1, 0.15) is 11.3 Å². The first-order valence-electron chi connectivity index (χ1n) is 9.63. The number of carbonyl (C=O) groups excluding carboxylic acids is 1. The van der Waals surface area contributed by atoms with Gasteiger partial charge >= 0.3 is 0 Å². The molecule has 6 nitrogen and oxygen atoms in total. The lowest BCUT2D eigenvalue weighted by Gasteiger charge is -2.32. The van der Waals surface area contributed by atoms with E-state index in [4.69, 9.17) is 9.41 Å². The van der Waals surface area contributed by atoms with E-state index in [1.54, 1.807) is 41.6 Å². The molecular weight excluding hydrogens is 415 g/mol. The smallest absolute Gasteiger partial charge is 0.276 e. The number of hydrazone groups is 1. The first kappa shape index (κ1) is 19.3. The van der Waals surface area contributed by atoms with Crippen molar-refractivity contribution in [1.29, 1.82) is 0 Å². The van der Waals surface area contributed by atoms with Gasteiger partial charge in [-0.2, -0.15) is 0 Å². The summed E-state index contributed by atoms with van der Waals surface area (Å²) in [6, 6.07) is 17.6. The largest absolute Gasteiger partial charge is 0.465 e. The minimum Gasteiger partial charge on any atom is -0.465 e. The molecule has 0 unspecified atom stereocenters. The minimum absolute atomic E-state index is 0.273. The molecule has 0 radical (unpaired) electrons. The molecule has 3 aromatic rings. The number of benzene rings is 2. The van der Waals surface area contributed by atoms with Gasteiger partial charge < -0.3 is 4.42 Å². The molecule has 1 aromatic heterocycles. The summed E-state index contributed by atoms with van der Waals surface area (Å²) in [5.41, 5.74) is 0.970. The van der Waals surface area contributed by atoms with Gasteiger partial charge in [-0.3, -0.25) is 15.1 Å².